The molecule has 2 aromatic rings. The zero-order chi connectivity index (χ0) is 19.2. The number of nitrogens with two attached hydrogens (primary N) is 1. The highest BCUT2D eigenvalue weighted by Gasteiger charge is 2.27. The van der Waals surface area contributed by atoms with Gasteiger partial charge in [-0.15, -0.1) is 10.2 Å². The van der Waals surface area contributed by atoms with Crippen molar-refractivity contribution in [3.63, 3.8) is 0 Å². The molecule has 1 unspecified atom stereocenters. The second-order valence-corrected chi connectivity index (χ2v) is 7.38. The van der Waals surface area contributed by atoms with Gasteiger partial charge in [-0.3, -0.25) is 9.59 Å². The number of aromatic nitrogens is 2. The van der Waals surface area contributed by atoms with E-state index >= 15 is 0 Å². The van der Waals surface area contributed by atoms with Crippen LogP contribution < -0.4 is 10.5 Å². The molecular formula is C17H19ClN4O4S. The van der Waals surface area contributed by atoms with E-state index in [1.54, 1.807) is 17.0 Å². The largest absolute Gasteiger partial charge is 0.482 e. The van der Waals surface area contributed by atoms with Crippen molar-refractivity contribution in [2.75, 3.05) is 18.8 Å². The number of primary amides is 1. The average molecular weight is 411 g/mol. The number of likely N-dealkylation sites (tertiary alicyclic amines) is 1. The molecule has 8 nitrogen and oxygen atoms in total. The van der Waals surface area contributed by atoms with E-state index in [0.29, 0.717) is 23.9 Å². The minimum absolute atomic E-state index is 0.0810. The maximum Gasteiger partial charge on any atom is 0.277 e. The monoisotopic (exact) mass is 410 g/mol. The summed E-state index contributed by atoms with van der Waals surface area (Å²) in [6.07, 6.45) is 1.50. The molecule has 144 valence electrons. The van der Waals surface area contributed by atoms with E-state index in [2.05, 4.69) is 10.2 Å². The lowest BCUT2D eigenvalue weighted by molar-refractivity contribution is -0.132. The Bertz CT molecular complexity index is 816. The third-order valence-corrected chi connectivity index (χ3v) is 5.25. The summed E-state index contributed by atoms with van der Waals surface area (Å²) in [7, 11) is 0. The molecule has 0 bridgehead atoms. The molecule has 1 aliphatic heterocycles. The number of thioether (sulfide) groups is 1. The third-order valence-electron chi connectivity index (χ3n) is 4.13. The summed E-state index contributed by atoms with van der Waals surface area (Å²) in [4.78, 5) is 25.3. The van der Waals surface area contributed by atoms with Crippen molar-refractivity contribution >= 4 is 35.2 Å². The van der Waals surface area contributed by atoms with Crippen LogP contribution in [0.4, 0.5) is 0 Å². The molecule has 0 saturated carbocycles. The Labute approximate surface area is 165 Å². The number of hydrogen-bond acceptors (Lipinski definition) is 7. The van der Waals surface area contributed by atoms with Gasteiger partial charge in [0.2, 0.25) is 11.8 Å². The molecule has 10 heteroatoms. The molecular weight excluding hydrogens is 392 g/mol. The molecule has 2 heterocycles. The highest BCUT2D eigenvalue weighted by molar-refractivity contribution is 7.99. The van der Waals surface area contributed by atoms with Crippen LogP contribution >= 0.6 is 23.4 Å². The number of rotatable bonds is 7. The lowest BCUT2D eigenvalue weighted by Gasteiger charge is -2.31. The Hall–Kier alpha value is -2.26. The van der Waals surface area contributed by atoms with Crippen LogP contribution in [0.5, 0.6) is 5.75 Å². The first-order valence-corrected chi connectivity index (χ1v) is 9.79. The van der Waals surface area contributed by atoms with E-state index in [0.717, 1.165) is 24.6 Å². The van der Waals surface area contributed by atoms with E-state index < -0.39 is 0 Å². The lowest BCUT2D eigenvalue weighted by atomic mass is 9.97. The predicted molar refractivity (Wildman–Crippen MR) is 99.3 cm³/mol. The summed E-state index contributed by atoms with van der Waals surface area (Å²) in [5, 5.41) is 8.57. The molecule has 27 heavy (non-hydrogen) atoms. The highest BCUT2D eigenvalue weighted by Crippen LogP contribution is 2.25. The summed E-state index contributed by atoms with van der Waals surface area (Å²) in [5.41, 5.74) is 5.34. The standard InChI is InChI=1S/C17H19ClN4O4S/c18-12-5-1-2-6-13(12)25-9-14-20-21-17(26-14)27-10-15(23)22-7-3-4-11(8-22)16(19)24/h1-2,5-6,11H,3-4,7-10H2,(H2,19,24). The second-order valence-electron chi connectivity index (χ2n) is 6.05. The van der Waals surface area contributed by atoms with Crippen LogP contribution in [0.1, 0.15) is 18.7 Å². The van der Waals surface area contributed by atoms with E-state index in [1.807, 2.05) is 12.1 Å². The quantitative estimate of drug-likeness (QED) is 0.695. The number of carbonyl (C=O) groups excluding carboxylic acids is 2. The zero-order valence-corrected chi connectivity index (χ0v) is 16.0. The molecule has 0 radical (unpaired) electrons. The molecule has 1 fully saturated rings. The topological polar surface area (TPSA) is 112 Å². The summed E-state index contributed by atoms with van der Waals surface area (Å²) < 4.78 is 11.0. The first-order valence-electron chi connectivity index (χ1n) is 8.42. The summed E-state index contributed by atoms with van der Waals surface area (Å²) in [6.45, 7) is 1.08. The zero-order valence-electron chi connectivity index (χ0n) is 14.5. The molecule has 1 aromatic heterocycles. The minimum Gasteiger partial charge on any atom is -0.482 e. The van der Waals surface area contributed by atoms with Crippen LogP contribution in [0, 0.1) is 5.92 Å². The van der Waals surface area contributed by atoms with E-state index in [-0.39, 0.29) is 41.2 Å². The first-order chi connectivity index (χ1) is 13.0. The van der Waals surface area contributed by atoms with Crippen LogP contribution in [-0.4, -0.2) is 45.8 Å². The maximum atomic E-state index is 12.3. The van der Waals surface area contributed by atoms with Gasteiger partial charge in [-0.05, 0) is 25.0 Å². The number of benzene rings is 1. The van der Waals surface area contributed by atoms with Crippen molar-refractivity contribution in [1.29, 1.82) is 0 Å². The average Bonchev–Trinajstić information content (AvgIpc) is 3.13. The Morgan fingerprint density at radius 3 is 2.96 bits per heavy atom. The van der Waals surface area contributed by atoms with Crippen molar-refractivity contribution in [3.05, 3.63) is 35.2 Å². The smallest absolute Gasteiger partial charge is 0.277 e. The second kappa shape index (κ2) is 9.09. The minimum atomic E-state index is -0.361. The SMILES string of the molecule is NC(=O)C1CCCN(C(=O)CSc2nnc(COc3ccccc3Cl)o2)C1. The van der Waals surface area contributed by atoms with Crippen molar-refractivity contribution in [2.24, 2.45) is 11.7 Å². The highest BCUT2D eigenvalue weighted by atomic mass is 35.5. The van der Waals surface area contributed by atoms with E-state index in [4.69, 9.17) is 26.5 Å². The number of amides is 2. The molecule has 1 atom stereocenters. The van der Waals surface area contributed by atoms with Gasteiger partial charge in [0.15, 0.2) is 6.61 Å². The van der Waals surface area contributed by atoms with Gasteiger partial charge in [0.1, 0.15) is 5.75 Å². The fourth-order valence-electron chi connectivity index (χ4n) is 2.71. The van der Waals surface area contributed by atoms with Gasteiger partial charge in [-0.25, -0.2) is 0 Å². The normalized spacial score (nSPS) is 16.9. The number of halogens is 1. The Morgan fingerprint density at radius 1 is 1.37 bits per heavy atom. The molecule has 2 N–H and O–H groups in total. The Kier molecular flexibility index (Phi) is 6.57. The van der Waals surface area contributed by atoms with Crippen LogP contribution in [0.3, 0.4) is 0 Å². The Balaban J connectivity index is 1.47. The number of nitrogens with zero attached hydrogens (tertiary/aromatic N) is 3. The number of hydrogen-bond donors (Lipinski definition) is 1. The molecule has 0 aliphatic carbocycles. The number of carbonyl (C=O) groups is 2. The molecule has 1 aromatic carbocycles. The van der Waals surface area contributed by atoms with Crippen molar-refractivity contribution in [3.8, 4) is 5.75 Å². The van der Waals surface area contributed by atoms with Crippen LogP contribution in [-0.2, 0) is 16.2 Å². The van der Waals surface area contributed by atoms with Gasteiger partial charge in [0.05, 0.1) is 16.7 Å². The van der Waals surface area contributed by atoms with Gasteiger partial charge in [0.25, 0.3) is 11.1 Å². The van der Waals surface area contributed by atoms with Gasteiger partial charge in [-0.2, -0.15) is 0 Å². The fraction of sp³-hybridized carbons (Fsp3) is 0.412. The van der Waals surface area contributed by atoms with Gasteiger partial charge >= 0.3 is 0 Å². The van der Waals surface area contributed by atoms with Crippen molar-refractivity contribution in [1.82, 2.24) is 15.1 Å². The predicted octanol–water partition coefficient (Wildman–Crippen LogP) is 2.12. The Morgan fingerprint density at radius 2 is 2.19 bits per heavy atom. The fourth-order valence-corrected chi connectivity index (χ4v) is 3.58. The number of ether oxygens (including phenoxy) is 1. The van der Waals surface area contributed by atoms with Crippen molar-refractivity contribution in [2.45, 2.75) is 24.7 Å². The first kappa shape index (κ1) is 19.5. The van der Waals surface area contributed by atoms with Crippen LogP contribution in [0.15, 0.2) is 33.9 Å². The lowest BCUT2D eigenvalue weighted by Crippen LogP contribution is -2.44. The summed E-state index contributed by atoms with van der Waals surface area (Å²) >= 11 is 7.17. The van der Waals surface area contributed by atoms with Gasteiger partial charge in [-0.1, -0.05) is 35.5 Å². The maximum absolute atomic E-state index is 12.3. The van der Waals surface area contributed by atoms with Crippen LogP contribution in [0.25, 0.3) is 0 Å². The molecule has 3 rings (SSSR count). The van der Waals surface area contributed by atoms with E-state index in [9.17, 15) is 9.59 Å². The molecule has 1 aliphatic rings. The number of para-hydroxylation sites is 1. The van der Waals surface area contributed by atoms with Gasteiger partial charge < -0.3 is 19.8 Å². The molecule has 0 spiro atoms. The number of piperidine rings is 1. The van der Waals surface area contributed by atoms with Crippen LogP contribution in [0.2, 0.25) is 5.02 Å². The summed E-state index contributed by atoms with van der Waals surface area (Å²) in [6, 6.07) is 7.08. The van der Waals surface area contributed by atoms with Crippen molar-refractivity contribution < 1.29 is 18.7 Å². The van der Waals surface area contributed by atoms with E-state index in [1.165, 1.54) is 0 Å². The molecule has 1 saturated heterocycles. The molecule has 2 amide bonds. The third kappa shape index (κ3) is 5.36. The van der Waals surface area contributed by atoms with Gasteiger partial charge in [0, 0.05) is 13.1 Å². The summed E-state index contributed by atoms with van der Waals surface area (Å²) in [5.74, 6) is 0.244.